The molecule has 1 aliphatic rings. The quantitative estimate of drug-likeness (QED) is 0.0152. The summed E-state index contributed by atoms with van der Waals surface area (Å²) in [4.78, 5) is 52.1. The van der Waals surface area contributed by atoms with Crippen LogP contribution in [0.1, 0.15) is 126 Å². The molecule has 550 valence electrons. The molecule has 2 amide bonds. The van der Waals surface area contributed by atoms with E-state index in [1.807, 2.05) is 158 Å². The molecule has 0 fully saturated rings. The molecule has 1 aliphatic heterocycles. The molecular weight excluding hydrogens is 1340 g/mol. The average molecular weight is 1450 g/mol. The van der Waals surface area contributed by atoms with Gasteiger partial charge in [-0.3, -0.25) is 23.9 Å². The van der Waals surface area contributed by atoms with E-state index in [-0.39, 0.29) is 87.4 Å². The van der Waals surface area contributed by atoms with E-state index in [2.05, 4.69) is 76.9 Å². The first-order valence-electron chi connectivity index (χ1n) is 34.8. The number of ether oxygens (including phenoxy) is 6. The van der Waals surface area contributed by atoms with E-state index in [1.54, 1.807) is 47.6 Å². The van der Waals surface area contributed by atoms with Gasteiger partial charge in [0.25, 0.3) is 28.5 Å². The van der Waals surface area contributed by atoms with Crippen molar-refractivity contribution in [3.05, 3.63) is 236 Å². The lowest BCUT2D eigenvalue weighted by Crippen LogP contribution is -2.40. The molecule has 6 aromatic carbocycles. The molecule has 7 aromatic rings. The number of carbonyl (C=O) groups excluding carboxylic acids is 2. The predicted octanol–water partition coefficient (Wildman–Crippen LogP) is 14.6. The van der Waals surface area contributed by atoms with E-state index in [4.69, 9.17) is 46.5 Å². The van der Waals surface area contributed by atoms with Gasteiger partial charge in [0.15, 0.2) is 0 Å². The summed E-state index contributed by atoms with van der Waals surface area (Å²) in [7, 11) is 6.23. The number of imide groups is 1. The molecule has 1 aromatic heterocycles. The van der Waals surface area contributed by atoms with E-state index >= 15 is 0 Å². The number of methoxy groups -OCH3 is 4. The van der Waals surface area contributed by atoms with Crippen LogP contribution >= 0.6 is 17.1 Å². The number of likely N-dealkylation sites (N-methyl/N-ethyl adjacent to an activating group) is 1. The number of amides is 2. The smallest absolute Gasteiger partial charge is 0.330 e. The molecule has 23 heteroatoms. The Morgan fingerprint density at radius 3 is 1.19 bits per heavy atom. The van der Waals surface area contributed by atoms with Crippen LogP contribution < -0.4 is 30.2 Å². The number of benzene rings is 6. The summed E-state index contributed by atoms with van der Waals surface area (Å²) in [6.07, 6.45) is 5.24. The Labute approximate surface area is 610 Å². The molecule has 0 bridgehead atoms. The van der Waals surface area contributed by atoms with Crippen LogP contribution in [0, 0.1) is 35.5 Å². The number of nitriles is 2. The van der Waals surface area contributed by atoms with Crippen molar-refractivity contribution in [2.24, 2.45) is 13.0 Å². The van der Waals surface area contributed by atoms with Gasteiger partial charge < -0.3 is 51.1 Å². The highest BCUT2D eigenvalue weighted by Crippen LogP contribution is 2.51. The molecule has 103 heavy (non-hydrogen) atoms. The number of carbonyl (C=O) groups is 2. The zero-order valence-electron chi connectivity index (χ0n) is 62.1. The molecule has 0 N–H and O–H groups in total. The minimum absolute atomic E-state index is 0.0747. The molecule has 0 spiro atoms. The molecule has 0 radical (unpaired) electrons. The maximum atomic E-state index is 13.2. The number of aromatic nitrogens is 2. The molecule has 8 rings (SSSR count). The summed E-state index contributed by atoms with van der Waals surface area (Å²) in [6.45, 7) is 19.3. The number of aryl methyl sites for hydroxylation is 2. The monoisotopic (exact) mass is 1450 g/mol. The van der Waals surface area contributed by atoms with Crippen molar-refractivity contribution < 1.29 is 56.1 Å². The zero-order chi connectivity index (χ0) is 74.8. The van der Waals surface area contributed by atoms with Gasteiger partial charge in [-0.2, -0.15) is 10.5 Å². The van der Waals surface area contributed by atoms with Crippen LogP contribution in [0.2, 0.25) is 0 Å². The molecule has 5 unspecified atom stereocenters. The van der Waals surface area contributed by atoms with Crippen molar-refractivity contribution in [1.29, 1.82) is 10.5 Å². The third kappa shape index (κ3) is 21.2. The van der Waals surface area contributed by atoms with Crippen molar-refractivity contribution in [3.63, 3.8) is 0 Å². The Balaban J connectivity index is 0.000000288. The first kappa shape index (κ1) is 81.9. The molecule has 2 heterocycles. The van der Waals surface area contributed by atoms with Gasteiger partial charge >= 0.3 is 5.69 Å². The lowest BCUT2D eigenvalue weighted by molar-refractivity contribution is -0.143. The number of rotatable bonds is 38. The fourth-order valence-electron chi connectivity index (χ4n) is 12.4. The van der Waals surface area contributed by atoms with Gasteiger partial charge in [-0.1, -0.05) is 115 Å². The van der Waals surface area contributed by atoms with Crippen LogP contribution in [-0.4, -0.2) is 133 Å². The van der Waals surface area contributed by atoms with E-state index in [9.17, 15) is 29.7 Å². The summed E-state index contributed by atoms with van der Waals surface area (Å²) in [6, 6.07) is 56.0. The van der Waals surface area contributed by atoms with E-state index < -0.39 is 52.1 Å². The molecule has 21 nitrogen and oxygen atoms in total. The topological polar surface area (TPSA) is 228 Å². The van der Waals surface area contributed by atoms with Gasteiger partial charge in [-0.25, -0.2) is 14.1 Å². The molecule has 0 aliphatic carbocycles. The van der Waals surface area contributed by atoms with Crippen molar-refractivity contribution in [2.45, 2.75) is 149 Å². The Morgan fingerprint density at radius 2 is 0.854 bits per heavy atom. The van der Waals surface area contributed by atoms with Crippen LogP contribution in [0.25, 0.3) is 0 Å². The van der Waals surface area contributed by atoms with Gasteiger partial charge in [0.05, 0.1) is 98.0 Å². The normalized spacial score (nSPS) is 14.5. The van der Waals surface area contributed by atoms with E-state index in [0.717, 1.165) is 42.8 Å². The first-order chi connectivity index (χ1) is 49.5. The minimum Gasteiger partial charge on any atom is -0.497 e. The molecule has 5 atom stereocenters. The molecular formula is C80H101N7O14P2. The lowest BCUT2D eigenvalue weighted by atomic mass is 9.80. The van der Waals surface area contributed by atoms with Crippen LogP contribution in [0.15, 0.2) is 186 Å². The predicted molar refractivity (Wildman–Crippen MR) is 402 cm³/mol. The Morgan fingerprint density at radius 1 is 0.505 bits per heavy atom. The standard InChI is InChI=1S/C40H51N4O7P.C40H50N3O7P/c1-29(2)44(30(3)4)52(50-26-12-24-41)51-37(23-25-43-27-31(5)38(45)42(6)39(43)46)28-49-40(32-13-10-9-11-14-32,33-15-19-35(47-7)20-16-33)34-17-21-36(48-8)22-18-34;1-29(2)43(30(3)4)51(49-27-11-26-41)50-37(20-14-31-15-25-38(44)42(5)39(31)45)28-48-40(32-12-9-8-10-13-32,33-16-21-35(46-6)22-17-33)34-18-23-36(47-7)24-19-34/h9-11,13-22,27,29-30,37H,12,23,25-26,28H2,1-8H3;8-10,12-13,15-19,21-25,29-31,37H,11,14,20,27-28H2,1-7H3. The zero-order valence-corrected chi connectivity index (χ0v) is 63.9. The third-order valence-electron chi connectivity index (χ3n) is 17.6. The average Bonchev–Trinajstić information content (AvgIpc) is 0.758. The largest absolute Gasteiger partial charge is 0.497 e. The maximum Gasteiger partial charge on any atom is 0.330 e. The van der Waals surface area contributed by atoms with Crippen molar-refractivity contribution in [1.82, 2.24) is 23.4 Å². The highest BCUT2D eigenvalue weighted by Gasteiger charge is 2.42. The summed E-state index contributed by atoms with van der Waals surface area (Å²) in [5.41, 5.74) is 2.82. The highest BCUT2D eigenvalue weighted by molar-refractivity contribution is 7.44. The second-order valence-corrected chi connectivity index (χ2v) is 28.7. The van der Waals surface area contributed by atoms with Crippen LogP contribution in [0.3, 0.4) is 0 Å². The Kier molecular flexibility index (Phi) is 31.8. The fourth-order valence-corrected chi connectivity index (χ4v) is 15.9. The number of hydrogen-bond donors (Lipinski definition) is 0. The van der Waals surface area contributed by atoms with Crippen molar-refractivity contribution in [2.75, 3.05) is 61.9 Å². The van der Waals surface area contributed by atoms with Gasteiger partial charge in [0.2, 0.25) is 5.91 Å². The SMILES string of the molecule is COc1ccc(C(OCC(CCC2C=CC(=O)N(C)C2=O)OP(OCCC#N)N(C(C)C)C(C)C)(c2ccccc2)c2ccc(OC)cc2)cc1.COc1ccc(C(OCC(CCn2cc(C)c(=O)n(C)c2=O)OP(OCCC#N)N(C(C)C)C(C)C)(c2ccccc2)c2ccc(OC)cc2)cc1. The second-order valence-electron chi connectivity index (χ2n) is 25.9. The van der Waals surface area contributed by atoms with E-state index in [0.29, 0.717) is 47.8 Å². The first-order valence-corrected chi connectivity index (χ1v) is 37.0. The van der Waals surface area contributed by atoms with Gasteiger partial charge in [0.1, 0.15) is 34.2 Å². The summed E-state index contributed by atoms with van der Waals surface area (Å²) < 4.78 is 70.0. The van der Waals surface area contributed by atoms with Crippen LogP contribution in [0.4, 0.5) is 0 Å². The Bertz CT molecular complexity index is 3900. The molecule has 0 saturated heterocycles. The third-order valence-corrected chi connectivity index (χ3v) is 22.0. The second kappa shape index (κ2) is 40.0. The molecule has 0 saturated carbocycles. The van der Waals surface area contributed by atoms with Crippen molar-refractivity contribution in [3.8, 4) is 35.1 Å². The van der Waals surface area contributed by atoms with Gasteiger partial charge in [-0.05, 0) is 163 Å². The van der Waals surface area contributed by atoms with E-state index in [1.165, 1.54) is 24.7 Å². The Hall–Kier alpha value is -8.40. The minimum atomic E-state index is -1.66. The van der Waals surface area contributed by atoms with Crippen molar-refractivity contribution >= 4 is 28.9 Å². The van der Waals surface area contributed by atoms with Gasteiger partial charge in [0, 0.05) is 62.6 Å². The summed E-state index contributed by atoms with van der Waals surface area (Å²) in [5.74, 6) is 1.78. The summed E-state index contributed by atoms with van der Waals surface area (Å²) >= 11 is 0. The lowest BCUT2D eigenvalue weighted by Gasteiger charge is -2.40. The number of hydrogen-bond acceptors (Lipinski definition) is 18. The summed E-state index contributed by atoms with van der Waals surface area (Å²) in [5, 5.41) is 18.6. The van der Waals surface area contributed by atoms with Crippen LogP contribution in [0.5, 0.6) is 23.0 Å². The van der Waals surface area contributed by atoms with Gasteiger partial charge in [-0.15, -0.1) is 0 Å². The number of nitrogens with zero attached hydrogens (tertiary/aromatic N) is 7. The fraction of sp³-hybridized carbons (Fsp3) is 0.425. The van der Waals surface area contributed by atoms with Crippen LogP contribution in [-0.2, 0) is 62.0 Å². The maximum absolute atomic E-state index is 13.2. The highest BCUT2D eigenvalue weighted by atomic mass is 31.2.